The maximum Gasteiger partial charge on any atom is 0.159 e. The number of aryl methyl sites for hydroxylation is 1. The topological polar surface area (TPSA) is 37.4 Å². The van der Waals surface area contributed by atoms with Crippen molar-refractivity contribution < 1.29 is 9.59 Å². The minimum atomic E-state index is 0.0967. The van der Waals surface area contributed by atoms with Gasteiger partial charge < -0.3 is 0 Å². The predicted molar refractivity (Wildman–Crippen MR) is 104 cm³/mol. The molecule has 2 aromatic rings. The molecule has 0 radical (unpaired) electrons. The molecule has 0 N–H and O–H groups in total. The van der Waals surface area contributed by atoms with Gasteiger partial charge in [-0.1, -0.05) is 48.5 Å². The Balaban J connectivity index is 1.54. The Morgan fingerprint density at radius 1 is 1.04 bits per heavy atom. The lowest BCUT2D eigenvalue weighted by Crippen LogP contribution is -2.38. The SMILES string of the molecule is CC(=O)c1cccc(CN2CCC[C@@H](C(=O)CCc3ccccc3)C2)c1. The number of rotatable bonds is 7. The van der Waals surface area contributed by atoms with Gasteiger partial charge in [0.2, 0.25) is 0 Å². The third-order valence-corrected chi connectivity index (χ3v) is 5.20. The van der Waals surface area contributed by atoms with E-state index >= 15 is 0 Å². The summed E-state index contributed by atoms with van der Waals surface area (Å²) in [5.41, 5.74) is 3.14. The summed E-state index contributed by atoms with van der Waals surface area (Å²) in [4.78, 5) is 26.6. The Kier molecular flexibility index (Phi) is 6.35. The number of carbonyl (C=O) groups excluding carboxylic acids is 2. The van der Waals surface area contributed by atoms with Crippen molar-refractivity contribution in [2.75, 3.05) is 13.1 Å². The lowest BCUT2D eigenvalue weighted by atomic mass is 9.90. The number of nitrogens with zero attached hydrogens (tertiary/aromatic N) is 1. The van der Waals surface area contributed by atoms with Crippen LogP contribution in [0.4, 0.5) is 0 Å². The lowest BCUT2D eigenvalue weighted by Gasteiger charge is -2.32. The largest absolute Gasteiger partial charge is 0.299 e. The highest BCUT2D eigenvalue weighted by molar-refractivity contribution is 5.94. The van der Waals surface area contributed by atoms with Gasteiger partial charge in [-0.05, 0) is 49.9 Å². The quantitative estimate of drug-likeness (QED) is 0.699. The molecule has 0 amide bonds. The summed E-state index contributed by atoms with van der Waals surface area (Å²) in [5, 5.41) is 0. The van der Waals surface area contributed by atoms with Crippen LogP contribution in [0, 0.1) is 5.92 Å². The van der Waals surface area contributed by atoms with Crippen LogP contribution in [0.1, 0.15) is 47.7 Å². The van der Waals surface area contributed by atoms with E-state index < -0.39 is 0 Å². The number of likely N-dealkylation sites (tertiary alicyclic amines) is 1. The fraction of sp³-hybridized carbons (Fsp3) is 0.391. The van der Waals surface area contributed by atoms with Crippen molar-refractivity contribution in [3.05, 3.63) is 71.3 Å². The standard InChI is InChI=1S/C23H27NO2/c1-18(25)21-10-5-9-20(15-21)16-24-14-6-11-22(17-24)23(26)13-12-19-7-3-2-4-8-19/h2-5,7-10,15,22H,6,11-14,16-17H2,1H3/t22-/m1/s1. The van der Waals surface area contributed by atoms with Crippen molar-refractivity contribution in [1.29, 1.82) is 0 Å². The highest BCUT2D eigenvalue weighted by atomic mass is 16.1. The van der Waals surface area contributed by atoms with E-state index in [0.717, 1.165) is 50.0 Å². The van der Waals surface area contributed by atoms with Crippen LogP contribution in [0.15, 0.2) is 54.6 Å². The third kappa shape index (κ3) is 5.12. The second-order valence-corrected chi connectivity index (χ2v) is 7.28. The number of carbonyl (C=O) groups is 2. The van der Waals surface area contributed by atoms with E-state index in [2.05, 4.69) is 23.1 Å². The number of hydrogen-bond acceptors (Lipinski definition) is 3. The van der Waals surface area contributed by atoms with Gasteiger partial charge in [0.15, 0.2) is 5.78 Å². The molecule has 1 heterocycles. The molecular formula is C23H27NO2. The molecule has 0 bridgehead atoms. The van der Waals surface area contributed by atoms with Crippen LogP contribution in [0.25, 0.3) is 0 Å². The average molecular weight is 349 g/mol. The molecule has 2 aromatic carbocycles. The van der Waals surface area contributed by atoms with Crippen LogP contribution >= 0.6 is 0 Å². The fourth-order valence-electron chi connectivity index (χ4n) is 3.73. The van der Waals surface area contributed by atoms with Gasteiger partial charge in [-0.15, -0.1) is 0 Å². The number of Topliss-reactive ketones (excluding diaryl/α,β-unsaturated/α-hetero) is 2. The van der Waals surface area contributed by atoms with Crippen molar-refractivity contribution in [2.24, 2.45) is 5.92 Å². The number of hydrogen-bond donors (Lipinski definition) is 0. The highest BCUT2D eigenvalue weighted by Gasteiger charge is 2.25. The second kappa shape index (κ2) is 8.91. The van der Waals surface area contributed by atoms with Gasteiger partial charge >= 0.3 is 0 Å². The molecule has 1 fully saturated rings. The molecule has 0 aliphatic carbocycles. The second-order valence-electron chi connectivity index (χ2n) is 7.28. The summed E-state index contributed by atoms with van der Waals surface area (Å²) in [6.07, 6.45) is 3.52. The molecule has 3 heteroatoms. The summed E-state index contributed by atoms with van der Waals surface area (Å²) < 4.78 is 0. The molecule has 1 aliphatic heterocycles. The average Bonchev–Trinajstić information content (AvgIpc) is 2.67. The molecule has 1 aliphatic rings. The van der Waals surface area contributed by atoms with E-state index in [1.165, 1.54) is 5.56 Å². The van der Waals surface area contributed by atoms with Crippen LogP contribution in [0.3, 0.4) is 0 Å². The molecular weight excluding hydrogens is 322 g/mol. The van der Waals surface area contributed by atoms with E-state index in [1.54, 1.807) is 6.92 Å². The maximum absolute atomic E-state index is 12.6. The zero-order valence-corrected chi connectivity index (χ0v) is 15.5. The van der Waals surface area contributed by atoms with Gasteiger partial charge in [0, 0.05) is 31.0 Å². The first-order chi connectivity index (χ1) is 12.6. The zero-order chi connectivity index (χ0) is 18.4. The molecule has 0 spiro atoms. The molecule has 0 saturated carbocycles. The Hall–Kier alpha value is -2.26. The zero-order valence-electron chi connectivity index (χ0n) is 15.5. The summed E-state index contributed by atoms with van der Waals surface area (Å²) in [5.74, 6) is 0.624. The van der Waals surface area contributed by atoms with E-state index in [4.69, 9.17) is 0 Å². The number of benzene rings is 2. The Morgan fingerprint density at radius 3 is 2.58 bits per heavy atom. The van der Waals surface area contributed by atoms with E-state index in [9.17, 15) is 9.59 Å². The number of ketones is 2. The summed E-state index contributed by atoms with van der Waals surface area (Å²) in [6.45, 7) is 4.26. The van der Waals surface area contributed by atoms with Crippen LogP contribution < -0.4 is 0 Å². The minimum absolute atomic E-state index is 0.0967. The first-order valence-corrected chi connectivity index (χ1v) is 9.50. The summed E-state index contributed by atoms with van der Waals surface area (Å²) in [6, 6.07) is 18.1. The van der Waals surface area contributed by atoms with Crippen molar-refractivity contribution in [1.82, 2.24) is 4.90 Å². The number of piperidine rings is 1. The minimum Gasteiger partial charge on any atom is -0.299 e. The molecule has 0 aromatic heterocycles. The van der Waals surface area contributed by atoms with Crippen molar-refractivity contribution in [3.8, 4) is 0 Å². The van der Waals surface area contributed by atoms with E-state index in [1.807, 2.05) is 36.4 Å². The van der Waals surface area contributed by atoms with Gasteiger partial charge in [-0.25, -0.2) is 0 Å². The van der Waals surface area contributed by atoms with Gasteiger partial charge in [-0.3, -0.25) is 14.5 Å². The molecule has 3 rings (SSSR count). The third-order valence-electron chi connectivity index (χ3n) is 5.20. The molecule has 0 unspecified atom stereocenters. The summed E-state index contributed by atoms with van der Waals surface area (Å²) in [7, 11) is 0. The highest BCUT2D eigenvalue weighted by Crippen LogP contribution is 2.21. The molecule has 3 nitrogen and oxygen atoms in total. The fourth-order valence-corrected chi connectivity index (χ4v) is 3.73. The van der Waals surface area contributed by atoms with Gasteiger partial charge in [0.1, 0.15) is 5.78 Å². The maximum atomic E-state index is 12.6. The van der Waals surface area contributed by atoms with Gasteiger partial charge in [0.05, 0.1) is 0 Å². The Labute approximate surface area is 156 Å². The van der Waals surface area contributed by atoms with Crippen LogP contribution in [0.5, 0.6) is 0 Å². The smallest absolute Gasteiger partial charge is 0.159 e. The normalized spacial score (nSPS) is 17.8. The van der Waals surface area contributed by atoms with Crippen molar-refractivity contribution in [3.63, 3.8) is 0 Å². The monoisotopic (exact) mass is 349 g/mol. The lowest BCUT2D eigenvalue weighted by molar-refractivity contribution is -0.124. The van der Waals surface area contributed by atoms with Crippen molar-refractivity contribution >= 4 is 11.6 Å². The van der Waals surface area contributed by atoms with Gasteiger partial charge in [0.25, 0.3) is 0 Å². The molecule has 1 saturated heterocycles. The predicted octanol–water partition coefficient (Wildman–Crippen LogP) is 4.30. The van der Waals surface area contributed by atoms with Crippen LogP contribution in [0.2, 0.25) is 0 Å². The van der Waals surface area contributed by atoms with E-state index in [0.29, 0.717) is 12.2 Å². The molecule has 1 atom stereocenters. The molecule has 136 valence electrons. The van der Waals surface area contributed by atoms with Gasteiger partial charge in [-0.2, -0.15) is 0 Å². The molecule has 26 heavy (non-hydrogen) atoms. The van der Waals surface area contributed by atoms with Crippen LogP contribution in [-0.4, -0.2) is 29.6 Å². The van der Waals surface area contributed by atoms with Crippen molar-refractivity contribution in [2.45, 2.75) is 39.2 Å². The van der Waals surface area contributed by atoms with Crippen LogP contribution in [-0.2, 0) is 17.8 Å². The van der Waals surface area contributed by atoms with E-state index in [-0.39, 0.29) is 11.7 Å². The first-order valence-electron chi connectivity index (χ1n) is 9.50. The first kappa shape index (κ1) is 18.5. The summed E-state index contributed by atoms with van der Waals surface area (Å²) >= 11 is 0. The Bertz CT molecular complexity index is 754. The Morgan fingerprint density at radius 2 is 1.81 bits per heavy atom.